The molecule has 4 heteroatoms. The molecule has 0 saturated heterocycles. The molecule has 0 aromatic carbocycles. The van der Waals surface area contributed by atoms with Gasteiger partial charge in [0.2, 0.25) is 0 Å². The highest BCUT2D eigenvalue weighted by molar-refractivity contribution is 7.99. The van der Waals surface area contributed by atoms with Crippen LogP contribution in [0.15, 0.2) is 12.5 Å². The molecular formula is C8H13ClN2S. The summed E-state index contributed by atoms with van der Waals surface area (Å²) in [4.78, 5) is 4.14. The molecule has 0 fully saturated rings. The number of aryl methyl sites for hydroxylation is 1. The van der Waals surface area contributed by atoms with Gasteiger partial charge in [-0.25, -0.2) is 4.98 Å². The molecule has 0 bridgehead atoms. The molecule has 0 amide bonds. The number of alkyl halides is 1. The van der Waals surface area contributed by atoms with Crippen LogP contribution in [0.4, 0.5) is 0 Å². The molecule has 0 N–H and O–H groups in total. The molecular weight excluding hydrogens is 192 g/mol. The minimum Gasteiger partial charge on any atom is -0.336 e. The first kappa shape index (κ1) is 9.93. The Bertz CT molecular complexity index is 225. The largest absolute Gasteiger partial charge is 0.336 e. The Labute approximate surface area is 82.3 Å². The van der Waals surface area contributed by atoms with E-state index in [4.69, 9.17) is 11.6 Å². The maximum atomic E-state index is 5.62. The minimum atomic E-state index is 0.508. The second kappa shape index (κ2) is 5.49. The smallest absolute Gasteiger partial charge is 0.0950 e. The van der Waals surface area contributed by atoms with Crippen LogP contribution in [-0.2, 0) is 12.4 Å². The standard InChI is InChI=1S/C8H13ClN2S/c1-2-12-4-3-11-6-8(5-9)10-7-11/h6-7H,2-5H2,1H3. The molecule has 0 aliphatic heterocycles. The molecule has 0 unspecified atom stereocenters. The Morgan fingerprint density at radius 1 is 1.67 bits per heavy atom. The van der Waals surface area contributed by atoms with Gasteiger partial charge >= 0.3 is 0 Å². The summed E-state index contributed by atoms with van der Waals surface area (Å²) in [6, 6.07) is 0. The van der Waals surface area contributed by atoms with Crippen molar-refractivity contribution in [2.24, 2.45) is 0 Å². The fourth-order valence-corrected chi connectivity index (χ4v) is 1.68. The van der Waals surface area contributed by atoms with Gasteiger partial charge in [-0.3, -0.25) is 0 Å². The van der Waals surface area contributed by atoms with E-state index in [1.165, 1.54) is 5.75 Å². The second-order valence-corrected chi connectivity index (χ2v) is 4.09. The molecule has 2 nitrogen and oxygen atoms in total. The number of aromatic nitrogens is 2. The average Bonchev–Trinajstić information content (AvgIpc) is 2.53. The van der Waals surface area contributed by atoms with E-state index in [0.717, 1.165) is 18.0 Å². The fourth-order valence-electron chi connectivity index (χ4n) is 0.912. The Hall–Kier alpha value is -0.150. The van der Waals surface area contributed by atoms with Crippen molar-refractivity contribution < 1.29 is 0 Å². The molecule has 0 spiro atoms. The Balaban J connectivity index is 2.31. The van der Waals surface area contributed by atoms with Crippen LogP contribution >= 0.6 is 23.4 Å². The third-order valence-corrected chi connectivity index (χ3v) is 2.67. The summed E-state index contributed by atoms with van der Waals surface area (Å²) in [6.45, 7) is 3.20. The van der Waals surface area contributed by atoms with Gasteiger partial charge in [-0.1, -0.05) is 6.92 Å². The third kappa shape index (κ3) is 3.07. The summed E-state index contributed by atoms with van der Waals surface area (Å²) >= 11 is 7.56. The predicted molar refractivity (Wildman–Crippen MR) is 54.8 cm³/mol. The SMILES string of the molecule is CCSCCn1cnc(CCl)c1. The summed E-state index contributed by atoms with van der Waals surface area (Å²) in [5, 5.41) is 0. The first-order valence-electron chi connectivity index (χ1n) is 4.01. The van der Waals surface area contributed by atoms with Crippen LogP contribution in [-0.4, -0.2) is 21.1 Å². The number of halogens is 1. The molecule has 1 aromatic heterocycles. The molecule has 0 radical (unpaired) electrons. The molecule has 0 saturated carbocycles. The molecule has 1 rings (SSSR count). The van der Waals surface area contributed by atoms with Gasteiger partial charge in [0, 0.05) is 18.5 Å². The number of nitrogens with zero attached hydrogens (tertiary/aromatic N) is 2. The maximum absolute atomic E-state index is 5.62. The molecule has 1 aromatic rings. The number of rotatable bonds is 5. The van der Waals surface area contributed by atoms with Crippen LogP contribution in [0.3, 0.4) is 0 Å². The summed E-state index contributed by atoms with van der Waals surface area (Å²) in [5.41, 5.74) is 0.957. The zero-order valence-corrected chi connectivity index (χ0v) is 8.74. The number of hydrogen-bond donors (Lipinski definition) is 0. The van der Waals surface area contributed by atoms with Crippen molar-refractivity contribution >= 4 is 23.4 Å². The van der Waals surface area contributed by atoms with Gasteiger partial charge in [0.15, 0.2) is 0 Å². The highest BCUT2D eigenvalue weighted by Crippen LogP contribution is 2.03. The lowest BCUT2D eigenvalue weighted by atomic mass is 10.5. The monoisotopic (exact) mass is 204 g/mol. The summed E-state index contributed by atoms with van der Waals surface area (Å²) in [6.07, 6.45) is 3.84. The van der Waals surface area contributed by atoms with E-state index in [9.17, 15) is 0 Å². The van der Waals surface area contributed by atoms with Gasteiger partial charge in [-0.15, -0.1) is 11.6 Å². The lowest BCUT2D eigenvalue weighted by molar-refractivity contribution is 0.770. The topological polar surface area (TPSA) is 17.8 Å². The highest BCUT2D eigenvalue weighted by atomic mass is 35.5. The zero-order valence-electron chi connectivity index (χ0n) is 7.16. The number of imidazole rings is 1. The molecule has 68 valence electrons. The van der Waals surface area contributed by atoms with Gasteiger partial charge in [0.1, 0.15) is 0 Å². The van der Waals surface area contributed by atoms with Crippen LogP contribution in [0.5, 0.6) is 0 Å². The van der Waals surface area contributed by atoms with E-state index in [2.05, 4.69) is 16.5 Å². The Kier molecular flexibility index (Phi) is 4.54. The van der Waals surface area contributed by atoms with E-state index in [1.807, 2.05) is 24.3 Å². The lowest BCUT2D eigenvalue weighted by Crippen LogP contribution is -1.96. The summed E-state index contributed by atoms with van der Waals surface area (Å²) in [7, 11) is 0. The molecule has 12 heavy (non-hydrogen) atoms. The van der Waals surface area contributed by atoms with Crippen LogP contribution in [0, 0.1) is 0 Å². The van der Waals surface area contributed by atoms with Crippen LogP contribution in [0.1, 0.15) is 12.6 Å². The van der Waals surface area contributed by atoms with E-state index < -0.39 is 0 Å². The van der Waals surface area contributed by atoms with Crippen molar-refractivity contribution in [2.75, 3.05) is 11.5 Å². The lowest BCUT2D eigenvalue weighted by Gasteiger charge is -1.98. The third-order valence-electron chi connectivity index (χ3n) is 1.52. The van der Waals surface area contributed by atoms with Crippen LogP contribution in [0.2, 0.25) is 0 Å². The molecule has 0 aliphatic rings. The summed E-state index contributed by atoms with van der Waals surface area (Å²) < 4.78 is 2.08. The minimum absolute atomic E-state index is 0.508. The van der Waals surface area contributed by atoms with E-state index >= 15 is 0 Å². The van der Waals surface area contributed by atoms with Crippen molar-refractivity contribution in [3.63, 3.8) is 0 Å². The number of hydrogen-bond acceptors (Lipinski definition) is 2. The maximum Gasteiger partial charge on any atom is 0.0950 e. The van der Waals surface area contributed by atoms with Gasteiger partial charge < -0.3 is 4.57 Å². The summed E-state index contributed by atoms with van der Waals surface area (Å²) in [5.74, 6) is 2.83. The van der Waals surface area contributed by atoms with Gasteiger partial charge in [-0.05, 0) is 5.75 Å². The quantitative estimate of drug-likeness (QED) is 0.542. The molecule has 0 aliphatic carbocycles. The Morgan fingerprint density at radius 2 is 2.50 bits per heavy atom. The van der Waals surface area contributed by atoms with Gasteiger partial charge in [0.25, 0.3) is 0 Å². The predicted octanol–water partition coefficient (Wildman–Crippen LogP) is 2.38. The zero-order chi connectivity index (χ0) is 8.81. The van der Waals surface area contributed by atoms with Gasteiger partial charge in [-0.2, -0.15) is 11.8 Å². The first-order valence-corrected chi connectivity index (χ1v) is 5.70. The second-order valence-electron chi connectivity index (χ2n) is 2.43. The van der Waals surface area contributed by atoms with Crippen molar-refractivity contribution in [2.45, 2.75) is 19.3 Å². The van der Waals surface area contributed by atoms with E-state index in [1.54, 1.807) is 0 Å². The van der Waals surface area contributed by atoms with Crippen LogP contribution < -0.4 is 0 Å². The van der Waals surface area contributed by atoms with Crippen molar-refractivity contribution in [1.82, 2.24) is 9.55 Å². The first-order chi connectivity index (χ1) is 5.86. The van der Waals surface area contributed by atoms with Crippen molar-refractivity contribution in [3.8, 4) is 0 Å². The van der Waals surface area contributed by atoms with Crippen molar-refractivity contribution in [3.05, 3.63) is 18.2 Å². The van der Waals surface area contributed by atoms with E-state index in [0.29, 0.717) is 5.88 Å². The highest BCUT2D eigenvalue weighted by Gasteiger charge is 1.95. The van der Waals surface area contributed by atoms with Crippen molar-refractivity contribution in [1.29, 1.82) is 0 Å². The normalized spacial score (nSPS) is 10.5. The molecule has 1 heterocycles. The van der Waals surface area contributed by atoms with Crippen LogP contribution in [0.25, 0.3) is 0 Å². The molecule has 0 atom stereocenters. The average molecular weight is 205 g/mol. The van der Waals surface area contributed by atoms with E-state index in [-0.39, 0.29) is 0 Å². The number of thioether (sulfide) groups is 1. The Morgan fingerprint density at radius 3 is 3.08 bits per heavy atom. The van der Waals surface area contributed by atoms with Gasteiger partial charge in [0.05, 0.1) is 17.9 Å². The fraction of sp³-hybridized carbons (Fsp3) is 0.625.